The van der Waals surface area contributed by atoms with E-state index in [1.165, 1.54) is 66.1 Å². The van der Waals surface area contributed by atoms with Gasteiger partial charge in [0.2, 0.25) is 0 Å². The fraction of sp³-hybridized carbons (Fsp3) is 0.348. The Bertz CT molecular complexity index is 1750. The van der Waals surface area contributed by atoms with Crippen LogP contribution in [0.5, 0.6) is 0 Å². The summed E-state index contributed by atoms with van der Waals surface area (Å²) in [6.07, 6.45) is 0. The molecular formula is C46H56Cl2SiZr. The van der Waals surface area contributed by atoms with Crippen LogP contribution in [0.15, 0.2) is 109 Å². The van der Waals surface area contributed by atoms with Crippen LogP contribution in [0.1, 0.15) is 103 Å². The number of benzene rings is 4. The summed E-state index contributed by atoms with van der Waals surface area (Å²) in [6, 6.07) is 40.7. The van der Waals surface area contributed by atoms with Crippen molar-refractivity contribution in [2.75, 3.05) is 0 Å². The summed E-state index contributed by atoms with van der Waals surface area (Å²) in [7, 11) is 11.0. The van der Waals surface area contributed by atoms with Crippen molar-refractivity contribution in [2.45, 2.75) is 105 Å². The van der Waals surface area contributed by atoms with Gasteiger partial charge >= 0.3 is 37.9 Å². The zero-order chi connectivity index (χ0) is 37.2. The molecule has 0 fully saturated rings. The normalized spacial score (nSPS) is 11.4. The first kappa shape index (κ1) is 42.2. The molecule has 0 amide bonds. The Kier molecular flexibility index (Phi) is 16.1. The second kappa shape index (κ2) is 19.0. The van der Waals surface area contributed by atoms with E-state index in [-0.39, 0.29) is 10.8 Å². The number of rotatable bonds is 4. The third-order valence-corrected chi connectivity index (χ3v) is 9.00. The van der Waals surface area contributed by atoms with Gasteiger partial charge in [-0.2, -0.15) is 12.1 Å². The van der Waals surface area contributed by atoms with E-state index in [4.69, 9.17) is 17.0 Å². The van der Waals surface area contributed by atoms with Crippen molar-refractivity contribution in [2.24, 2.45) is 0 Å². The van der Waals surface area contributed by atoms with Gasteiger partial charge in [0.1, 0.15) is 0 Å². The second-order valence-corrected chi connectivity index (χ2v) is 20.5. The molecular weight excluding hydrogens is 743 g/mol. The predicted molar refractivity (Wildman–Crippen MR) is 225 cm³/mol. The fourth-order valence-electron chi connectivity index (χ4n) is 5.99. The van der Waals surface area contributed by atoms with Crippen LogP contribution in [0.25, 0.3) is 43.8 Å². The Balaban J connectivity index is 0.000000234. The Morgan fingerprint density at radius 1 is 0.540 bits per heavy atom. The van der Waals surface area contributed by atoms with E-state index in [1.807, 2.05) is 0 Å². The van der Waals surface area contributed by atoms with E-state index < -0.39 is 20.8 Å². The van der Waals surface area contributed by atoms with Crippen LogP contribution >= 0.6 is 17.0 Å². The van der Waals surface area contributed by atoms with Gasteiger partial charge in [-0.05, 0) is 44.9 Å². The minimum atomic E-state index is -0.826. The summed E-state index contributed by atoms with van der Waals surface area (Å²) in [6.45, 7) is 26.9. The first-order chi connectivity index (χ1) is 23.5. The Morgan fingerprint density at radius 2 is 0.840 bits per heavy atom. The topological polar surface area (TPSA) is 0 Å². The molecule has 0 heterocycles. The van der Waals surface area contributed by atoms with Crippen molar-refractivity contribution in [3.8, 4) is 22.3 Å². The molecule has 0 nitrogen and oxygen atoms in total. The zero-order valence-electron chi connectivity index (χ0n) is 32.3. The van der Waals surface area contributed by atoms with Gasteiger partial charge in [-0.3, -0.25) is 0 Å². The van der Waals surface area contributed by atoms with Gasteiger partial charge in [-0.1, -0.05) is 154 Å². The molecule has 0 atom stereocenters. The van der Waals surface area contributed by atoms with Crippen molar-refractivity contribution in [1.82, 2.24) is 0 Å². The molecule has 6 aromatic rings. The van der Waals surface area contributed by atoms with Gasteiger partial charge in [0, 0.05) is 9.52 Å². The van der Waals surface area contributed by atoms with Crippen LogP contribution in [-0.2, 0) is 31.7 Å². The molecule has 262 valence electrons. The SMILES string of the molecule is CC(C)c1cc2c(-c3ccc(C(C)(C)C)cc3)cccc2[cH-]1.CC(C)c1cc2c(-c3ccc(C(C)(C)C)cc3)cccc2[cH-]1.C[Si]C.[Cl][Zr+2][Cl]. The van der Waals surface area contributed by atoms with Crippen molar-refractivity contribution >= 4 is 48.1 Å². The predicted octanol–water partition coefficient (Wildman–Crippen LogP) is 15.5. The third-order valence-electron chi connectivity index (χ3n) is 9.00. The molecule has 0 aliphatic heterocycles. The van der Waals surface area contributed by atoms with E-state index in [1.54, 1.807) is 0 Å². The van der Waals surface area contributed by atoms with E-state index in [2.05, 4.69) is 192 Å². The van der Waals surface area contributed by atoms with Crippen molar-refractivity contribution in [3.05, 3.63) is 131 Å². The van der Waals surface area contributed by atoms with Gasteiger partial charge in [-0.25, -0.2) is 0 Å². The minimum absolute atomic E-state index is 0.204. The van der Waals surface area contributed by atoms with Gasteiger partial charge < -0.3 is 0 Å². The standard InChI is InChI=1S/2C22H25.C2H6Si.2ClH.Zr/c2*1-15(2)18-13-17-7-6-8-20(21(17)14-18)16-9-11-19(12-10-16)22(3,4)5;1-3-2;;;/h2*6-15H,1-5H3;1-2H3;2*1H;/q2*-1;;;;+4/p-2. The molecule has 0 saturated carbocycles. The first-order valence-electron chi connectivity index (χ1n) is 17.7. The van der Waals surface area contributed by atoms with Crippen LogP contribution in [0, 0.1) is 0 Å². The maximum absolute atomic E-state index is 4.93. The molecule has 0 N–H and O–H groups in total. The molecule has 6 rings (SSSR count). The number of halogens is 2. The first-order valence-corrected chi connectivity index (χ1v) is 26.0. The third kappa shape index (κ3) is 11.4. The average Bonchev–Trinajstić information content (AvgIpc) is 3.71. The molecule has 0 aliphatic rings. The number of hydrogen-bond acceptors (Lipinski definition) is 0. The van der Waals surface area contributed by atoms with E-state index in [9.17, 15) is 0 Å². The summed E-state index contributed by atoms with van der Waals surface area (Å²) in [5, 5.41) is 5.44. The summed E-state index contributed by atoms with van der Waals surface area (Å²) in [5.74, 6) is 1.15. The molecule has 6 aromatic carbocycles. The van der Waals surface area contributed by atoms with Gasteiger partial charge in [0.05, 0.1) is 0 Å². The van der Waals surface area contributed by atoms with E-state index in [0.717, 1.165) is 9.52 Å². The number of fused-ring (bicyclic) bond motifs is 2. The van der Waals surface area contributed by atoms with E-state index in [0.29, 0.717) is 11.8 Å². The Hall–Kier alpha value is -2.22. The molecule has 0 aromatic heterocycles. The second-order valence-electron chi connectivity index (χ2n) is 15.7. The van der Waals surface area contributed by atoms with Crippen LogP contribution in [0.3, 0.4) is 0 Å². The molecule has 0 saturated heterocycles. The molecule has 0 unspecified atom stereocenters. The molecule has 4 heteroatoms. The van der Waals surface area contributed by atoms with Crippen molar-refractivity contribution in [3.63, 3.8) is 0 Å². The van der Waals surface area contributed by atoms with E-state index >= 15 is 0 Å². The van der Waals surface area contributed by atoms with Crippen LogP contribution in [0.4, 0.5) is 0 Å². The van der Waals surface area contributed by atoms with Crippen LogP contribution < -0.4 is 0 Å². The average molecular weight is 799 g/mol. The molecule has 0 aliphatic carbocycles. The Morgan fingerprint density at radius 3 is 1.10 bits per heavy atom. The maximum atomic E-state index is 4.93. The van der Waals surface area contributed by atoms with Crippen molar-refractivity contribution < 1.29 is 20.8 Å². The molecule has 2 radical (unpaired) electrons. The summed E-state index contributed by atoms with van der Waals surface area (Å²) < 4.78 is 0. The summed E-state index contributed by atoms with van der Waals surface area (Å²) in [4.78, 5) is 0. The molecule has 0 bridgehead atoms. The molecule has 0 spiro atoms. The van der Waals surface area contributed by atoms with Crippen LogP contribution in [0.2, 0.25) is 13.1 Å². The van der Waals surface area contributed by atoms with Gasteiger partial charge in [0.25, 0.3) is 0 Å². The Labute approximate surface area is 325 Å². The summed E-state index contributed by atoms with van der Waals surface area (Å²) in [5.41, 5.74) is 11.3. The summed E-state index contributed by atoms with van der Waals surface area (Å²) >= 11 is -0.826. The van der Waals surface area contributed by atoms with Gasteiger partial charge in [-0.15, -0.1) is 69.1 Å². The fourth-order valence-corrected chi connectivity index (χ4v) is 5.99. The monoisotopic (exact) mass is 796 g/mol. The molecule has 50 heavy (non-hydrogen) atoms. The zero-order valence-corrected chi connectivity index (χ0v) is 37.3. The van der Waals surface area contributed by atoms with Gasteiger partial charge in [0.15, 0.2) is 0 Å². The number of hydrogen-bond donors (Lipinski definition) is 0. The van der Waals surface area contributed by atoms with Crippen LogP contribution in [-0.4, -0.2) is 9.52 Å². The van der Waals surface area contributed by atoms with Crippen molar-refractivity contribution in [1.29, 1.82) is 0 Å². The quantitative estimate of drug-likeness (QED) is 0.123.